The first kappa shape index (κ1) is 21.6. The van der Waals surface area contributed by atoms with E-state index in [1.807, 2.05) is 0 Å². The van der Waals surface area contributed by atoms with Crippen molar-refractivity contribution < 1.29 is 24.7 Å². The van der Waals surface area contributed by atoms with Crippen LogP contribution in [0.5, 0.6) is 0 Å². The Morgan fingerprint density at radius 1 is 0.818 bits per heavy atom. The number of halogens is 1. The number of aromatic carboxylic acids is 1. The predicted molar refractivity (Wildman–Crippen MR) is 117 cm³/mol. The normalized spacial score (nSPS) is 12.8. The molecule has 11 nitrogen and oxygen atoms in total. The Morgan fingerprint density at radius 2 is 1.36 bits per heavy atom. The summed E-state index contributed by atoms with van der Waals surface area (Å²) >= 11 is 5.90. The average Bonchev–Trinajstić information content (AvgIpc) is 3.07. The number of non-ortho nitro benzene ring substituents is 2. The molecular formula is C21H10ClN3O8. The van der Waals surface area contributed by atoms with E-state index in [4.69, 9.17) is 11.6 Å². The minimum Gasteiger partial charge on any atom is -0.478 e. The molecule has 0 saturated carbocycles. The largest absolute Gasteiger partial charge is 0.478 e. The van der Waals surface area contributed by atoms with Crippen LogP contribution in [0.3, 0.4) is 0 Å². The van der Waals surface area contributed by atoms with Gasteiger partial charge in [0.05, 0.1) is 32.0 Å². The lowest BCUT2D eigenvalue weighted by atomic mass is 9.96. The van der Waals surface area contributed by atoms with E-state index < -0.39 is 43.4 Å². The van der Waals surface area contributed by atoms with Crippen LogP contribution < -0.4 is 0 Å². The maximum atomic E-state index is 12.0. The van der Waals surface area contributed by atoms with Gasteiger partial charge in [-0.05, 0) is 34.9 Å². The van der Waals surface area contributed by atoms with Gasteiger partial charge in [0.1, 0.15) is 0 Å². The van der Waals surface area contributed by atoms with Gasteiger partial charge in [-0.15, -0.1) is 0 Å². The smallest absolute Gasteiger partial charge is 0.336 e. The third kappa shape index (κ3) is 3.66. The fourth-order valence-electron chi connectivity index (χ4n) is 3.75. The molecule has 0 saturated heterocycles. The summed E-state index contributed by atoms with van der Waals surface area (Å²) in [6, 6.07) is 10.1. The van der Waals surface area contributed by atoms with Crippen LogP contribution in [-0.2, 0) is 0 Å². The molecule has 0 unspecified atom stereocenters. The first-order valence-electron chi connectivity index (χ1n) is 9.09. The summed E-state index contributed by atoms with van der Waals surface area (Å²) in [5.74, 6) is -1.54. The molecule has 0 bridgehead atoms. The fourth-order valence-corrected chi connectivity index (χ4v) is 3.87. The van der Waals surface area contributed by atoms with Gasteiger partial charge in [-0.25, -0.2) is 4.79 Å². The molecule has 33 heavy (non-hydrogen) atoms. The Labute approximate surface area is 188 Å². The van der Waals surface area contributed by atoms with Crippen LogP contribution >= 0.6 is 11.6 Å². The number of fused-ring (bicyclic) bond motifs is 3. The number of carboxylic acid groups (broad SMARTS) is 1. The van der Waals surface area contributed by atoms with Crippen molar-refractivity contribution in [2.24, 2.45) is 0 Å². The summed E-state index contributed by atoms with van der Waals surface area (Å²) in [5, 5.41) is 44.8. The highest BCUT2D eigenvalue weighted by atomic mass is 35.5. The molecule has 164 valence electrons. The molecule has 0 heterocycles. The van der Waals surface area contributed by atoms with Crippen LogP contribution in [0, 0.1) is 30.3 Å². The van der Waals surface area contributed by atoms with E-state index >= 15 is 0 Å². The number of carbonyl (C=O) groups is 1. The summed E-state index contributed by atoms with van der Waals surface area (Å²) < 4.78 is 0. The molecule has 0 aromatic heterocycles. The zero-order valence-corrected chi connectivity index (χ0v) is 17.0. The molecule has 1 N–H and O–H groups in total. The lowest BCUT2D eigenvalue weighted by Crippen LogP contribution is -2.03. The Morgan fingerprint density at radius 3 is 1.88 bits per heavy atom. The van der Waals surface area contributed by atoms with Crippen molar-refractivity contribution in [1.82, 2.24) is 0 Å². The molecule has 1 aliphatic rings. The standard InChI is InChI=1S/C21H10ClN3O8/c22-11-3-1-10(2-4-11)5-14-15-6-12(23(28)29)8-17(21(26)27)19(15)20-16(14)7-13(24(30)31)9-18(20)25(32)33/h1-9H,(H,26,27)/b14-5+. The number of nitrogens with zero attached hydrogens (tertiary/aromatic N) is 3. The monoisotopic (exact) mass is 467 g/mol. The molecule has 4 rings (SSSR count). The highest BCUT2D eigenvalue weighted by molar-refractivity contribution is 6.30. The van der Waals surface area contributed by atoms with Crippen molar-refractivity contribution in [3.63, 3.8) is 0 Å². The van der Waals surface area contributed by atoms with E-state index in [0.29, 0.717) is 10.6 Å². The van der Waals surface area contributed by atoms with E-state index in [2.05, 4.69) is 0 Å². The summed E-state index contributed by atoms with van der Waals surface area (Å²) in [6.07, 6.45) is 1.50. The van der Waals surface area contributed by atoms with Gasteiger partial charge in [0.2, 0.25) is 0 Å². The lowest BCUT2D eigenvalue weighted by molar-refractivity contribution is -0.393. The van der Waals surface area contributed by atoms with Gasteiger partial charge in [0, 0.05) is 34.3 Å². The predicted octanol–water partition coefficient (Wildman–Crippen LogP) is 5.33. The van der Waals surface area contributed by atoms with Crippen molar-refractivity contribution in [3.8, 4) is 11.1 Å². The average molecular weight is 468 g/mol. The van der Waals surface area contributed by atoms with Crippen molar-refractivity contribution in [3.05, 3.63) is 106 Å². The second-order valence-corrected chi connectivity index (χ2v) is 7.43. The molecule has 0 aliphatic heterocycles. The first-order valence-corrected chi connectivity index (χ1v) is 9.47. The number of rotatable bonds is 5. The van der Waals surface area contributed by atoms with E-state index in [1.54, 1.807) is 24.3 Å². The maximum Gasteiger partial charge on any atom is 0.336 e. The van der Waals surface area contributed by atoms with Gasteiger partial charge in [-0.2, -0.15) is 0 Å². The molecule has 3 aromatic carbocycles. The fraction of sp³-hybridized carbons (Fsp3) is 0. The molecule has 0 atom stereocenters. The van der Waals surface area contributed by atoms with E-state index in [0.717, 1.165) is 24.3 Å². The Bertz CT molecular complexity index is 1350. The third-order valence-corrected chi connectivity index (χ3v) is 5.34. The van der Waals surface area contributed by atoms with Gasteiger partial charge in [0.15, 0.2) is 0 Å². The summed E-state index contributed by atoms with van der Waals surface area (Å²) in [4.78, 5) is 44.2. The number of carboxylic acids is 1. The number of nitro groups is 3. The quantitative estimate of drug-likeness (QED) is 0.303. The Balaban J connectivity index is 2.18. The molecule has 0 radical (unpaired) electrons. The van der Waals surface area contributed by atoms with Crippen molar-refractivity contribution in [1.29, 1.82) is 0 Å². The van der Waals surface area contributed by atoms with E-state index in [-0.39, 0.29) is 27.8 Å². The van der Waals surface area contributed by atoms with Crippen LogP contribution in [0.25, 0.3) is 22.8 Å². The Kier molecular flexibility index (Phi) is 5.10. The maximum absolute atomic E-state index is 12.0. The molecule has 12 heteroatoms. The minimum atomic E-state index is -1.54. The van der Waals surface area contributed by atoms with E-state index in [9.17, 15) is 40.2 Å². The van der Waals surface area contributed by atoms with Crippen LogP contribution in [0.2, 0.25) is 5.02 Å². The topological polar surface area (TPSA) is 167 Å². The van der Waals surface area contributed by atoms with Crippen molar-refractivity contribution in [2.45, 2.75) is 0 Å². The molecule has 0 amide bonds. The molecular weight excluding hydrogens is 458 g/mol. The van der Waals surface area contributed by atoms with Crippen molar-refractivity contribution in [2.75, 3.05) is 0 Å². The number of benzene rings is 3. The SMILES string of the molecule is O=C(O)c1cc([N+](=O)[O-])cc2c1-c1c(cc([N+](=O)[O-])cc1[N+](=O)[O-])/C2=C/c1ccc(Cl)cc1. The van der Waals surface area contributed by atoms with Crippen LogP contribution in [0.15, 0.2) is 48.5 Å². The lowest BCUT2D eigenvalue weighted by Gasteiger charge is -2.07. The number of hydrogen-bond acceptors (Lipinski definition) is 7. The zero-order valence-electron chi connectivity index (χ0n) is 16.2. The third-order valence-electron chi connectivity index (χ3n) is 5.09. The second kappa shape index (κ2) is 7.80. The van der Waals surface area contributed by atoms with Crippen LogP contribution in [0.1, 0.15) is 27.0 Å². The van der Waals surface area contributed by atoms with Crippen LogP contribution in [-0.4, -0.2) is 25.8 Å². The minimum absolute atomic E-state index is 0.0175. The number of nitro benzene ring substituents is 3. The van der Waals surface area contributed by atoms with Gasteiger partial charge in [-0.1, -0.05) is 23.7 Å². The Hall–Kier alpha value is -4.64. The van der Waals surface area contributed by atoms with Gasteiger partial charge in [0.25, 0.3) is 17.1 Å². The molecule has 0 spiro atoms. The summed E-state index contributed by atoms with van der Waals surface area (Å²) in [5.41, 5.74) is -1.86. The zero-order chi connectivity index (χ0) is 24.0. The van der Waals surface area contributed by atoms with Crippen LogP contribution in [0.4, 0.5) is 17.1 Å². The first-order chi connectivity index (χ1) is 15.6. The van der Waals surface area contributed by atoms with Gasteiger partial charge >= 0.3 is 5.97 Å². The number of hydrogen-bond donors (Lipinski definition) is 1. The second-order valence-electron chi connectivity index (χ2n) is 6.99. The molecule has 3 aromatic rings. The summed E-state index contributed by atoms with van der Waals surface area (Å²) in [7, 11) is 0. The molecule has 0 fully saturated rings. The molecule has 1 aliphatic carbocycles. The van der Waals surface area contributed by atoms with Gasteiger partial charge < -0.3 is 5.11 Å². The van der Waals surface area contributed by atoms with Crippen molar-refractivity contribution >= 4 is 46.3 Å². The van der Waals surface area contributed by atoms with E-state index in [1.165, 1.54) is 6.08 Å². The highest BCUT2D eigenvalue weighted by Crippen LogP contribution is 2.53. The highest BCUT2D eigenvalue weighted by Gasteiger charge is 2.38. The summed E-state index contributed by atoms with van der Waals surface area (Å²) in [6.45, 7) is 0. The van der Waals surface area contributed by atoms with Gasteiger partial charge in [-0.3, -0.25) is 30.3 Å².